The quantitative estimate of drug-likeness (QED) is 0.819. The van der Waals surface area contributed by atoms with E-state index < -0.39 is 11.9 Å². The number of alkyl halides is 3. The van der Waals surface area contributed by atoms with Gasteiger partial charge in [-0.25, -0.2) is 0 Å². The molecule has 0 aliphatic heterocycles. The predicted octanol–water partition coefficient (Wildman–Crippen LogP) is 4.16. The molecule has 2 aromatic rings. The first-order chi connectivity index (χ1) is 12.9. The van der Waals surface area contributed by atoms with Crippen LogP contribution in [0.5, 0.6) is 0 Å². The Balaban J connectivity index is 1.63. The molecule has 0 saturated heterocycles. The number of hydrogen-bond acceptors (Lipinski definition) is 2. The number of halogens is 3. The van der Waals surface area contributed by atoms with Gasteiger partial charge in [0.05, 0.1) is 6.54 Å². The number of benzene rings is 1. The number of fused-ring (bicyclic) bond motifs is 1. The number of carbonyl (C=O) groups is 1. The zero-order chi connectivity index (χ0) is 19.4. The average Bonchev–Trinajstić information content (AvgIpc) is 3.02. The largest absolute Gasteiger partial charge is 0.435 e. The molecule has 146 valence electrons. The van der Waals surface area contributed by atoms with Crippen LogP contribution in [0.15, 0.2) is 24.3 Å². The van der Waals surface area contributed by atoms with Crippen molar-refractivity contribution in [2.45, 2.75) is 58.2 Å². The zero-order valence-electron chi connectivity index (χ0n) is 15.4. The molecule has 1 aromatic heterocycles. The highest BCUT2D eigenvalue weighted by atomic mass is 19.4. The molecule has 7 heteroatoms. The van der Waals surface area contributed by atoms with E-state index in [9.17, 15) is 18.0 Å². The minimum absolute atomic E-state index is 0.227. The van der Waals surface area contributed by atoms with Crippen LogP contribution in [-0.2, 0) is 32.0 Å². The van der Waals surface area contributed by atoms with Crippen LogP contribution in [0.25, 0.3) is 0 Å². The van der Waals surface area contributed by atoms with Gasteiger partial charge in [0.15, 0.2) is 5.69 Å². The van der Waals surface area contributed by atoms with Crippen molar-refractivity contribution >= 4 is 5.91 Å². The SMILES string of the molecule is CCCc1ccc(C(=O)NCCn2nc(C(F)(F)F)c3c2CCCC3)cc1. The number of nitrogens with zero attached hydrogens (tertiary/aromatic N) is 2. The lowest BCUT2D eigenvalue weighted by Gasteiger charge is -2.15. The molecule has 1 N–H and O–H groups in total. The van der Waals surface area contributed by atoms with Crippen molar-refractivity contribution < 1.29 is 18.0 Å². The number of aryl methyl sites for hydroxylation is 1. The van der Waals surface area contributed by atoms with Crippen LogP contribution in [-0.4, -0.2) is 22.2 Å². The molecular formula is C20H24F3N3O. The summed E-state index contributed by atoms with van der Waals surface area (Å²) in [6, 6.07) is 7.41. The van der Waals surface area contributed by atoms with Crippen LogP contribution in [0.1, 0.15) is 59.1 Å². The summed E-state index contributed by atoms with van der Waals surface area (Å²) in [7, 11) is 0. The molecule has 1 aromatic carbocycles. The van der Waals surface area contributed by atoms with Crippen molar-refractivity contribution in [3.05, 3.63) is 52.3 Å². The molecule has 1 aliphatic rings. The lowest BCUT2D eigenvalue weighted by atomic mass is 9.95. The highest BCUT2D eigenvalue weighted by molar-refractivity contribution is 5.94. The molecule has 1 amide bonds. The third kappa shape index (κ3) is 4.51. The smallest absolute Gasteiger partial charge is 0.350 e. The van der Waals surface area contributed by atoms with Gasteiger partial charge in [-0.3, -0.25) is 9.48 Å². The summed E-state index contributed by atoms with van der Waals surface area (Å²) in [4.78, 5) is 12.2. The number of aromatic nitrogens is 2. The van der Waals surface area contributed by atoms with Crippen LogP contribution >= 0.6 is 0 Å². The highest BCUT2D eigenvalue weighted by Crippen LogP contribution is 2.35. The maximum atomic E-state index is 13.2. The molecule has 0 unspecified atom stereocenters. The van der Waals surface area contributed by atoms with Gasteiger partial charge >= 0.3 is 6.18 Å². The number of rotatable bonds is 6. The molecule has 0 atom stereocenters. The van der Waals surface area contributed by atoms with Gasteiger partial charge in [0.1, 0.15) is 0 Å². The monoisotopic (exact) mass is 379 g/mol. The summed E-state index contributed by atoms with van der Waals surface area (Å²) < 4.78 is 41.0. The minimum Gasteiger partial charge on any atom is -0.350 e. The second kappa shape index (κ2) is 8.15. The third-order valence-electron chi connectivity index (χ3n) is 4.89. The Labute approximate surface area is 156 Å². The van der Waals surface area contributed by atoms with E-state index in [-0.39, 0.29) is 19.0 Å². The Hall–Kier alpha value is -2.31. The van der Waals surface area contributed by atoms with Gasteiger partial charge in [0, 0.05) is 23.4 Å². The zero-order valence-corrected chi connectivity index (χ0v) is 15.4. The fourth-order valence-corrected chi connectivity index (χ4v) is 3.57. The summed E-state index contributed by atoms with van der Waals surface area (Å²) >= 11 is 0. The van der Waals surface area contributed by atoms with E-state index in [1.807, 2.05) is 12.1 Å². The molecule has 1 heterocycles. The molecule has 0 fully saturated rings. The molecular weight excluding hydrogens is 355 g/mol. The van der Waals surface area contributed by atoms with Crippen molar-refractivity contribution in [2.75, 3.05) is 6.54 Å². The average molecular weight is 379 g/mol. The summed E-state index contributed by atoms with van der Waals surface area (Å²) in [6.07, 6.45) is 0.217. The van der Waals surface area contributed by atoms with E-state index in [1.54, 1.807) is 12.1 Å². The fraction of sp³-hybridized carbons (Fsp3) is 0.500. The second-order valence-corrected chi connectivity index (χ2v) is 6.90. The first-order valence-electron chi connectivity index (χ1n) is 9.43. The Kier molecular flexibility index (Phi) is 5.87. The number of hydrogen-bond donors (Lipinski definition) is 1. The van der Waals surface area contributed by atoms with Crippen molar-refractivity contribution in [1.29, 1.82) is 0 Å². The molecule has 0 saturated carbocycles. The molecule has 3 rings (SSSR count). The van der Waals surface area contributed by atoms with Gasteiger partial charge in [-0.2, -0.15) is 18.3 Å². The van der Waals surface area contributed by atoms with E-state index >= 15 is 0 Å². The molecule has 0 bridgehead atoms. The molecule has 27 heavy (non-hydrogen) atoms. The molecule has 4 nitrogen and oxygen atoms in total. The van der Waals surface area contributed by atoms with Gasteiger partial charge in [-0.1, -0.05) is 25.5 Å². The van der Waals surface area contributed by atoms with Gasteiger partial charge in [-0.15, -0.1) is 0 Å². The standard InChI is InChI=1S/C20H24F3N3O/c1-2-5-14-8-10-15(11-9-14)19(27)24-12-13-26-17-7-4-3-6-16(17)18(25-26)20(21,22)23/h8-11H,2-7,12-13H2,1H3,(H,24,27). The van der Waals surface area contributed by atoms with Crippen molar-refractivity contribution in [1.82, 2.24) is 15.1 Å². The Morgan fingerprint density at radius 2 is 1.89 bits per heavy atom. The number of amides is 1. The van der Waals surface area contributed by atoms with Crippen LogP contribution in [0.2, 0.25) is 0 Å². The lowest BCUT2D eigenvalue weighted by molar-refractivity contribution is -0.142. The Bertz CT molecular complexity index is 794. The number of carbonyl (C=O) groups excluding carboxylic acids is 1. The van der Waals surface area contributed by atoms with E-state index in [4.69, 9.17) is 0 Å². The van der Waals surface area contributed by atoms with Crippen LogP contribution < -0.4 is 5.32 Å². The normalized spacial score (nSPS) is 14.1. The van der Waals surface area contributed by atoms with Gasteiger partial charge in [0.2, 0.25) is 0 Å². The van der Waals surface area contributed by atoms with E-state index in [1.165, 1.54) is 10.2 Å². The van der Waals surface area contributed by atoms with Crippen molar-refractivity contribution in [3.63, 3.8) is 0 Å². The Morgan fingerprint density at radius 1 is 1.19 bits per heavy atom. The summed E-state index contributed by atoms with van der Waals surface area (Å²) in [6.45, 7) is 2.57. The molecule has 0 radical (unpaired) electrons. The van der Waals surface area contributed by atoms with Crippen LogP contribution in [0, 0.1) is 0 Å². The van der Waals surface area contributed by atoms with Gasteiger partial charge in [0.25, 0.3) is 5.91 Å². The van der Waals surface area contributed by atoms with E-state index in [0.29, 0.717) is 29.7 Å². The summed E-state index contributed by atoms with van der Waals surface area (Å²) in [5, 5.41) is 6.58. The van der Waals surface area contributed by atoms with Crippen LogP contribution in [0.3, 0.4) is 0 Å². The minimum atomic E-state index is -4.43. The number of nitrogens with one attached hydrogen (secondary N) is 1. The maximum Gasteiger partial charge on any atom is 0.435 e. The van der Waals surface area contributed by atoms with Gasteiger partial charge in [-0.05, 0) is 49.8 Å². The third-order valence-corrected chi connectivity index (χ3v) is 4.89. The van der Waals surface area contributed by atoms with E-state index in [0.717, 1.165) is 25.7 Å². The lowest BCUT2D eigenvalue weighted by Crippen LogP contribution is -2.28. The molecule has 0 spiro atoms. The van der Waals surface area contributed by atoms with Crippen molar-refractivity contribution in [3.8, 4) is 0 Å². The second-order valence-electron chi connectivity index (χ2n) is 6.90. The summed E-state index contributed by atoms with van der Waals surface area (Å²) in [5.41, 5.74) is 1.94. The topological polar surface area (TPSA) is 46.9 Å². The first kappa shape index (κ1) is 19.5. The van der Waals surface area contributed by atoms with E-state index in [2.05, 4.69) is 17.3 Å². The van der Waals surface area contributed by atoms with Gasteiger partial charge < -0.3 is 5.32 Å². The highest BCUT2D eigenvalue weighted by Gasteiger charge is 2.39. The summed E-state index contributed by atoms with van der Waals surface area (Å²) in [5.74, 6) is -0.227. The Morgan fingerprint density at radius 3 is 2.56 bits per heavy atom. The first-order valence-corrected chi connectivity index (χ1v) is 9.43. The van der Waals surface area contributed by atoms with Crippen molar-refractivity contribution in [2.24, 2.45) is 0 Å². The van der Waals surface area contributed by atoms with Crippen LogP contribution in [0.4, 0.5) is 13.2 Å². The predicted molar refractivity (Wildman–Crippen MR) is 96.6 cm³/mol. The fourth-order valence-electron chi connectivity index (χ4n) is 3.57. The maximum absolute atomic E-state index is 13.2. The molecule has 1 aliphatic carbocycles.